The van der Waals surface area contributed by atoms with Gasteiger partial charge in [0.25, 0.3) is 0 Å². The first-order chi connectivity index (χ1) is 12.6. The minimum Gasteiger partial charge on any atom is 0 e. The van der Waals surface area contributed by atoms with Crippen LogP contribution in [-0.4, -0.2) is 17.2 Å². The van der Waals surface area contributed by atoms with Gasteiger partial charge in [0.05, 0.1) is 0 Å². The molecule has 141 valence electrons. The van der Waals surface area contributed by atoms with Crippen molar-refractivity contribution in [3.05, 3.63) is 91.0 Å². The van der Waals surface area contributed by atoms with Crippen LogP contribution in [0.15, 0.2) is 91.0 Å². The molecule has 3 aromatic rings. The van der Waals surface area contributed by atoms with E-state index in [2.05, 4.69) is 36.4 Å². The van der Waals surface area contributed by atoms with Crippen LogP contribution in [0.25, 0.3) is 0 Å². The van der Waals surface area contributed by atoms with Crippen LogP contribution in [0, 0.1) is 0 Å². The monoisotopic (exact) mass is 465 g/mol. The van der Waals surface area contributed by atoms with Gasteiger partial charge in [-0.1, -0.05) is 0 Å². The molecule has 0 aromatic heterocycles. The Balaban J connectivity index is 0.00000261. The van der Waals surface area contributed by atoms with Crippen molar-refractivity contribution in [1.29, 1.82) is 0 Å². The summed E-state index contributed by atoms with van der Waals surface area (Å²) in [5, 5.41) is 3.23. The summed E-state index contributed by atoms with van der Waals surface area (Å²) >= 11 is 0. The van der Waals surface area contributed by atoms with Crippen molar-refractivity contribution >= 4 is 34.7 Å². The molecule has 2 nitrogen and oxygen atoms in total. The van der Waals surface area contributed by atoms with Crippen LogP contribution >= 0.6 is 7.26 Å². The van der Waals surface area contributed by atoms with Crippen LogP contribution in [0.3, 0.4) is 0 Å². The van der Waals surface area contributed by atoms with E-state index in [9.17, 15) is 9.59 Å². The summed E-state index contributed by atoms with van der Waals surface area (Å²) in [6.45, 7) is 3.09. The molecule has 0 fully saturated rings. The van der Waals surface area contributed by atoms with Crippen LogP contribution < -0.4 is 15.9 Å². The molecule has 0 atom stereocenters. The van der Waals surface area contributed by atoms with E-state index < -0.39 is 12.9 Å². The minimum absolute atomic E-state index is 0. The molecule has 0 aliphatic heterocycles. The van der Waals surface area contributed by atoms with E-state index in [0.717, 1.165) is 15.9 Å². The van der Waals surface area contributed by atoms with Crippen molar-refractivity contribution in [3.63, 3.8) is 0 Å². The van der Waals surface area contributed by atoms with Crippen molar-refractivity contribution in [2.45, 2.75) is 19.5 Å². The summed E-state index contributed by atoms with van der Waals surface area (Å²) in [6.07, 6.45) is 0. The maximum Gasteiger partial charge on any atom is 0 e. The van der Waals surface area contributed by atoms with Gasteiger partial charge in [-0.05, 0) is 0 Å². The number of hydrogen-bond acceptors (Lipinski definition) is 2. The van der Waals surface area contributed by atoms with Crippen molar-refractivity contribution in [2.75, 3.05) is 0 Å². The predicted molar refractivity (Wildman–Crippen MR) is 112 cm³/mol. The van der Waals surface area contributed by atoms with Gasteiger partial charge in [0.2, 0.25) is 0 Å². The molecule has 0 saturated heterocycles. The molecular weight excluding hydrogens is 442 g/mol. The number of ketones is 2. The second kappa shape index (κ2) is 9.31. The first-order valence-electron chi connectivity index (χ1n) is 8.76. The van der Waals surface area contributed by atoms with Crippen LogP contribution in [-0.2, 0) is 29.1 Å². The summed E-state index contributed by atoms with van der Waals surface area (Å²) < 4.78 is 0. The normalized spacial score (nSPS) is 11.5. The van der Waals surface area contributed by atoms with Gasteiger partial charge in [0.1, 0.15) is 0 Å². The fourth-order valence-corrected chi connectivity index (χ4v) is 9.37. The van der Waals surface area contributed by atoms with Crippen molar-refractivity contribution < 1.29 is 29.1 Å². The Hall–Kier alpha value is -1.95. The van der Waals surface area contributed by atoms with Crippen molar-refractivity contribution in [2.24, 2.45) is 0 Å². The zero-order valence-corrected chi connectivity index (χ0v) is 18.0. The topological polar surface area (TPSA) is 34.1 Å². The molecule has 3 rings (SSSR count). The van der Waals surface area contributed by atoms with Crippen LogP contribution in [0.5, 0.6) is 0 Å². The molecule has 0 unspecified atom stereocenters. The van der Waals surface area contributed by atoms with E-state index >= 15 is 0 Å². The van der Waals surface area contributed by atoms with E-state index in [0.29, 0.717) is 0 Å². The van der Waals surface area contributed by atoms with E-state index in [1.807, 2.05) is 54.6 Å². The summed E-state index contributed by atoms with van der Waals surface area (Å²) in [5.74, 6) is -0.138. The first-order valence-corrected chi connectivity index (χ1v) is 10.8. The standard InChI is InChI=1S/C23H23O2P.Rh/c1-18(24)23(19(2)25)26(20-12-6-3-7-13-20,21-14-8-4-9-15-21)22-16-10-5-11-17-22;/h3-17,23,26H,1-2H3;. The van der Waals surface area contributed by atoms with E-state index in [1.54, 1.807) is 13.8 Å². The Morgan fingerprint density at radius 1 is 0.593 bits per heavy atom. The molecule has 0 spiro atoms. The number of Topliss-reactive ketones (excluding diaryl/α,β-unsaturated/α-hetero) is 2. The maximum absolute atomic E-state index is 12.8. The largest absolute Gasteiger partial charge is 0 e. The van der Waals surface area contributed by atoms with Crippen LogP contribution in [0.1, 0.15) is 13.8 Å². The fraction of sp³-hybridized carbons (Fsp3) is 0.130. The van der Waals surface area contributed by atoms with Gasteiger partial charge in [-0.15, -0.1) is 0 Å². The molecule has 4 heteroatoms. The summed E-state index contributed by atoms with van der Waals surface area (Å²) in [6, 6.07) is 30.2. The van der Waals surface area contributed by atoms with Crippen LogP contribution in [0.2, 0.25) is 0 Å². The van der Waals surface area contributed by atoms with Gasteiger partial charge in [-0.2, -0.15) is 0 Å². The molecule has 0 aliphatic rings. The zero-order valence-electron chi connectivity index (χ0n) is 15.4. The SMILES string of the molecule is CC(=O)C(C(C)=O)[PH](c1ccccc1)(c1ccccc1)c1ccccc1.[Rh]. The molecule has 0 N–H and O–H groups in total. The van der Waals surface area contributed by atoms with Crippen molar-refractivity contribution in [1.82, 2.24) is 0 Å². The van der Waals surface area contributed by atoms with Gasteiger partial charge in [0, 0.05) is 19.5 Å². The van der Waals surface area contributed by atoms with Gasteiger partial charge in [-0.3, -0.25) is 0 Å². The Morgan fingerprint density at radius 3 is 1.07 bits per heavy atom. The van der Waals surface area contributed by atoms with E-state index in [1.165, 1.54) is 0 Å². The minimum atomic E-state index is -2.88. The molecule has 1 radical (unpaired) electrons. The van der Waals surface area contributed by atoms with Gasteiger partial charge >= 0.3 is 155 Å². The number of carbonyl (C=O) groups is 2. The van der Waals surface area contributed by atoms with Gasteiger partial charge in [0.15, 0.2) is 0 Å². The Morgan fingerprint density at radius 2 is 0.852 bits per heavy atom. The Bertz CT molecular complexity index is 785. The molecule has 3 aromatic carbocycles. The quantitative estimate of drug-likeness (QED) is 0.318. The fourth-order valence-electron chi connectivity index (χ4n) is 4.00. The second-order valence-electron chi connectivity index (χ2n) is 6.56. The third kappa shape index (κ3) is 4.00. The number of rotatable bonds is 6. The average molecular weight is 465 g/mol. The van der Waals surface area contributed by atoms with Gasteiger partial charge in [-0.25, -0.2) is 0 Å². The molecule has 27 heavy (non-hydrogen) atoms. The third-order valence-corrected chi connectivity index (χ3v) is 10.3. The molecular formula is C23H23O2PRh. The molecule has 0 saturated carbocycles. The number of benzene rings is 3. The summed E-state index contributed by atoms with van der Waals surface area (Å²) in [5.41, 5.74) is -0.658. The van der Waals surface area contributed by atoms with E-state index in [-0.39, 0.29) is 31.0 Å². The first kappa shape index (κ1) is 21.4. The van der Waals surface area contributed by atoms with Crippen LogP contribution in [0.4, 0.5) is 0 Å². The molecule has 0 aliphatic carbocycles. The zero-order chi connectivity index (χ0) is 18.6. The third-order valence-electron chi connectivity index (χ3n) is 4.93. The molecule has 0 bridgehead atoms. The Kier molecular flexibility index (Phi) is 7.36. The van der Waals surface area contributed by atoms with Gasteiger partial charge < -0.3 is 0 Å². The number of hydrogen-bond donors (Lipinski definition) is 0. The maximum atomic E-state index is 12.8. The summed E-state index contributed by atoms with van der Waals surface area (Å²) in [4.78, 5) is 25.5. The second-order valence-corrected chi connectivity index (χ2v) is 10.5. The number of carbonyl (C=O) groups excluding carboxylic acids is 2. The average Bonchev–Trinajstić information content (AvgIpc) is 2.67. The predicted octanol–water partition coefficient (Wildman–Crippen LogP) is 3.26. The summed E-state index contributed by atoms with van der Waals surface area (Å²) in [7, 11) is -2.88. The Labute approximate surface area is 174 Å². The molecule has 0 heterocycles. The smallest absolute Gasteiger partial charge is 0 e. The van der Waals surface area contributed by atoms with Crippen molar-refractivity contribution in [3.8, 4) is 0 Å². The van der Waals surface area contributed by atoms with E-state index in [4.69, 9.17) is 0 Å². The molecule has 0 amide bonds.